The highest BCUT2D eigenvalue weighted by Gasteiger charge is 2.16. The molecule has 0 fully saturated rings. The second-order valence-corrected chi connectivity index (χ2v) is 6.40. The molecular formula is C21H26N2O2. The van der Waals surface area contributed by atoms with E-state index in [9.17, 15) is 5.11 Å². The third-order valence-electron chi connectivity index (χ3n) is 4.43. The first kappa shape index (κ1) is 17.5. The fourth-order valence-electron chi connectivity index (χ4n) is 2.96. The van der Waals surface area contributed by atoms with Crippen LogP contribution in [-0.4, -0.2) is 21.3 Å². The van der Waals surface area contributed by atoms with Crippen molar-refractivity contribution in [2.24, 2.45) is 0 Å². The summed E-state index contributed by atoms with van der Waals surface area (Å²) in [5, 5.41) is 10.3. The molecular weight excluding hydrogens is 312 g/mol. The first-order valence-corrected chi connectivity index (χ1v) is 9.01. The number of fused-ring (bicyclic) bond motifs is 1. The van der Waals surface area contributed by atoms with Gasteiger partial charge in [-0.2, -0.15) is 0 Å². The fraction of sp³-hybridized carbons (Fsp3) is 0.381. The number of rotatable bonds is 8. The van der Waals surface area contributed by atoms with Crippen LogP contribution in [0.25, 0.3) is 11.0 Å². The van der Waals surface area contributed by atoms with Gasteiger partial charge < -0.3 is 14.4 Å². The number of aromatic nitrogens is 2. The molecule has 0 aliphatic heterocycles. The van der Waals surface area contributed by atoms with E-state index in [0.717, 1.165) is 42.0 Å². The van der Waals surface area contributed by atoms with Crippen molar-refractivity contribution in [2.75, 3.05) is 6.61 Å². The maximum absolute atomic E-state index is 10.3. The topological polar surface area (TPSA) is 47.3 Å². The van der Waals surface area contributed by atoms with Gasteiger partial charge in [0.15, 0.2) is 0 Å². The van der Waals surface area contributed by atoms with E-state index in [-0.39, 0.29) is 0 Å². The number of para-hydroxylation sites is 2. The van der Waals surface area contributed by atoms with E-state index < -0.39 is 6.10 Å². The van der Waals surface area contributed by atoms with Gasteiger partial charge in [-0.05, 0) is 50.5 Å². The van der Waals surface area contributed by atoms with Crippen molar-refractivity contribution in [3.8, 4) is 5.75 Å². The lowest BCUT2D eigenvalue weighted by Gasteiger charge is -2.13. The number of imidazole rings is 1. The number of nitrogens with zero attached hydrogens (tertiary/aromatic N) is 2. The Kier molecular flexibility index (Phi) is 5.71. The minimum atomic E-state index is -0.517. The number of aryl methyl sites for hydroxylation is 2. The van der Waals surface area contributed by atoms with Crippen LogP contribution >= 0.6 is 0 Å². The molecule has 1 heterocycles. The van der Waals surface area contributed by atoms with Crippen LogP contribution in [0.2, 0.25) is 0 Å². The number of ether oxygens (including phenoxy) is 1. The smallest absolute Gasteiger partial charge is 0.138 e. The summed E-state index contributed by atoms with van der Waals surface area (Å²) in [5.74, 6) is 1.68. The highest BCUT2D eigenvalue weighted by Crippen LogP contribution is 2.23. The van der Waals surface area contributed by atoms with Crippen LogP contribution in [0, 0.1) is 6.92 Å². The van der Waals surface area contributed by atoms with Crippen LogP contribution in [-0.2, 0) is 6.54 Å². The van der Waals surface area contributed by atoms with Gasteiger partial charge in [0.1, 0.15) is 17.7 Å². The third-order valence-corrected chi connectivity index (χ3v) is 4.43. The molecule has 1 N–H and O–H groups in total. The molecule has 132 valence electrons. The van der Waals surface area contributed by atoms with E-state index in [4.69, 9.17) is 4.74 Å². The number of hydrogen-bond donors (Lipinski definition) is 1. The maximum atomic E-state index is 10.3. The predicted octanol–water partition coefficient (Wildman–Crippen LogP) is 4.65. The van der Waals surface area contributed by atoms with Crippen molar-refractivity contribution < 1.29 is 9.84 Å². The van der Waals surface area contributed by atoms with Crippen LogP contribution < -0.4 is 4.74 Å². The van der Waals surface area contributed by atoms with Gasteiger partial charge in [-0.25, -0.2) is 4.98 Å². The second kappa shape index (κ2) is 8.17. The summed E-state index contributed by atoms with van der Waals surface area (Å²) in [6.07, 6.45) is 2.09. The molecule has 1 unspecified atom stereocenters. The normalized spacial score (nSPS) is 12.4. The lowest BCUT2D eigenvalue weighted by molar-refractivity contribution is 0.159. The van der Waals surface area contributed by atoms with Crippen molar-refractivity contribution in [2.45, 2.75) is 45.8 Å². The molecule has 3 rings (SSSR count). The van der Waals surface area contributed by atoms with Gasteiger partial charge >= 0.3 is 0 Å². The number of aliphatic hydroxyl groups is 1. The number of unbranched alkanes of at least 4 members (excludes halogenated alkanes) is 1. The highest BCUT2D eigenvalue weighted by molar-refractivity contribution is 5.76. The Morgan fingerprint density at radius 3 is 2.60 bits per heavy atom. The van der Waals surface area contributed by atoms with Gasteiger partial charge in [0, 0.05) is 6.54 Å². The summed E-state index contributed by atoms with van der Waals surface area (Å²) in [6, 6.07) is 16.2. The Morgan fingerprint density at radius 1 is 1.08 bits per heavy atom. The van der Waals surface area contributed by atoms with Gasteiger partial charge in [-0.15, -0.1) is 0 Å². The molecule has 0 bridgehead atoms. The minimum absolute atomic E-state index is 0.517. The summed E-state index contributed by atoms with van der Waals surface area (Å²) in [6.45, 7) is 5.58. The molecule has 4 heteroatoms. The standard InChI is InChI=1S/C21H26N2O2/c1-3-20(24)21-22-18-8-4-5-9-19(18)23(21)14-6-7-15-25-17-12-10-16(2)11-13-17/h4-5,8-13,20,24H,3,6-7,14-15H2,1-2H3. The zero-order valence-electron chi connectivity index (χ0n) is 15.0. The Balaban J connectivity index is 1.59. The average Bonchev–Trinajstić information content (AvgIpc) is 3.01. The first-order valence-electron chi connectivity index (χ1n) is 9.01. The molecule has 4 nitrogen and oxygen atoms in total. The molecule has 0 amide bonds. The van der Waals surface area contributed by atoms with E-state index in [2.05, 4.69) is 34.7 Å². The second-order valence-electron chi connectivity index (χ2n) is 6.40. The third kappa shape index (κ3) is 4.20. The van der Waals surface area contributed by atoms with Crippen LogP contribution in [0.3, 0.4) is 0 Å². The van der Waals surface area contributed by atoms with Crippen molar-refractivity contribution in [1.82, 2.24) is 9.55 Å². The molecule has 0 aliphatic carbocycles. The van der Waals surface area contributed by atoms with Gasteiger partial charge in [0.05, 0.1) is 17.6 Å². The monoisotopic (exact) mass is 338 g/mol. The van der Waals surface area contributed by atoms with Crippen molar-refractivity contribution in [3.05, 3.63) is 59.9 Å². The van der Waals surface area contributed by atoms with Crippen LogP contribution in [0.1, 0.15) is 43.7 Å². The van der Waals surface area contributed by atoms with E-state index in [1.54, 1.807) is 0 Å². The lowest BCUT2D eigenvalue weighted by Crippen LogP contribution is -2.09. The first-order chi connectivity index (χ1) is 12.2. The molecule has 1 atom stereocenters. The molecule has 25 heavy (non-hydrogen) atoms. The van der Waals surface area contributed by atoms with E-state index in [0.29, 0.717) is 13.0 Å². The largest absolute Gasteiger partial charge is 0.494 e. The molecule has 0 saturated carbocycles. The zero-order chi connectivity index (χ0) is 17.6. The summed E-state index contributed by atoms with van der Waals surface area (Å²) >= 11 is 0. The van der Waals surface area contributed by atoms with Crippen LogP contribution in [0.4, 0.5) is 0 Å². The molecule has 0 aliphatic rings. The van der Waals surface area contributed by atoms with E-state index in [1.807, 2.05) is 37.3 Å². The maximum Gasteiger partial charge on any atom is 0.138 e. The van der Waals surface area contributed by atoms with Gasteiger partial charge in [0.25, 0.3) is 0 Å². The highest BCUT2D eigenvalue weighted by atomic mass is 16.5. The number of benzene rings is 2. The van der Waals surface area contributed by atoms with E-state index >= 15 is 0 Å². The van der Waals surface area contributed by atoms with Crippen molar-refractivity contribution >= 4 is 11.0 Å². The molecule has 1 aromatic heterocycles. The summed E-state index contributed by atoms with van der Waals surface area (Å²) in [5.41, 5.74) is 3.27. The van der Waals surface area contributed by atoms with E-state index in [1.165, 1.54) is 5.56 Å². The Hall–Kier alpha value is -2.33. The van der Waals surface area contributed by atoms with Crippen molar-refractivity contribution in [1.29, 1.82) is 0 Å². The minimum Gasteiger partial charge on any atom is -0.494 e. The Morgan fingerprint density at radius 2 is 1.84 bits per heavy atom. The predicted molar refractivity (Wildman–Crippen MR) is 101 cm³/mol. The van der Waals surface area contributed by atoms with Gasteiger partial charge in [-0.3, -0.25) is 0 Å². The molecule has 0 spiro atoms. The van der Waals surface area contributed by atoms with Gasteiger partial charge in [-0.1, -0.05) is 36.8 Å². The SMILES string of the molecule is CCC(O)c1nc2ccccc2n1CCCCOc1ccc(C)cc1. The fourth-order valence-corrected chi connectivity index (χ4v) is 2.96. The Labute approximate surface area is 149 Å². The summed E-state index contributed by atoms with van der Waals surface area (Å²) in [4.78, 5) is 4.62. The van der Waals surface area contributed by atoms with Crippen LogP contribution in [0.15, 0.2) is 48.5 Å². The van der Waals surface area contributed by atoms with Crippen molar-refractivity contribution in [3.63, 3.8) is 0 Å². The number of aliphatic hydroxyl groups excluding tert-OH is 1. The lowest BCUT2D eigenvalue weighted by atomic mass is 10.2. The molecule has 0 radical (unpaired) electrons. The quantitative estimate of drug-likeness (QED) is 0.608. The molecule has 0 saturated heterocycles. The Bertz CT molecular complexity index is 808. The number of hydrogen-bond acceptors (Lipinski definition) is 3. The summed E-state index contributed by atoms with van der Waals surface area (Å²) < 4.78 is 7.94. The van der Waals surface area contributed by atoms with Gasteiger partial charge in [0.2, 0.25) is 0 Å². The average molecular weight is 338 g/mol. The molecule has 3 aromatic rings. The summed E-state index contributed by atoms with van der Waals surface area (Å²) in [7, 11) is 0. The zero-order valence-corrected chi connectivity index (χ0v) is 15.0. The molecule has 2 aromatic carbocycles. The van der Waals surface area contributed by atoms with Crippen LogP contribution in [0.5, 0.6) is 5.75 Å².